The molecule has 0 saturated heterocycles. The van der Waals surface area contributed by atoms with Crippen molar-refractivity contribution in [1.29, 1.82) is 0 Å². The van der Waals surface area contributed by atoms with Gasteiger partial charge in [-0.1, -0.05) is 18.2 Å². The van der Waals surface area contributed by atoms with E-state index in [0.29, 0.717) is 11.3 Å². The Kier molecular flexibility index (Phi) is 4.95. The lowest BCUT2D eigenvalue weighted by molar-refractivity contribution is -0.384. The van der Waals surface area contributed by atoms with Crippen LogP contribution in [0.2, 0.25) is 0 Å². The van der Waals surface area contributed by atoms with Crippen LogP contribution in [-0.2, 0) is 11.3 Å². The first-order chi connectivity index (χ1) is 10.5. The number of nitro benzene ring substituents is 1. The molecule has 0 aliphatic carbocycles. The van der Waals surface area contributed by atoms with Gasteiger partial charge in [-0.15, -0.1) is 11.6 Å². The first-order valence-electron chi connectivity index (χ1n) is 6.40. The third-order valence-electron chi connectivity index (χ3n) is 3.11. The minimum atomic E-state index is -0.513. The number of anilines is 1. The summed E-state index contributed by atoms with van der Waals surface area (Å²) in [4.78, 5) is 23.6. The molecule has 0 aromatic heterocycles. The molecular weight excluding hydrogens is 308 g/mol. The number of para-hydroxylation sites is 1. The smallest absolute Gasteiger partial charge is 0.269 e. The second kappa shape index (κ2) is 6.91. The van der Waals surface area contributed by atoms with Crippen molar-refractivity contribution in [3.8, 4) is 5.75 Å². The molecule has 114 valence electrons. The highest BCUT2D eigenvalue weighted by Gasteiger charge is 2.17. The monoisotopic (exact) mass is 320 g/mol. The topological polar surface area (TPSA) is 83.7 Å². The van der Waals surface area contributed by atoms with E-state index >= 15 is 0 Å². The predicted molar refractivity (Wildman–Crippen MR) is 83.1 cm³/mol. The van der Waals surface area contributed by atoms with Crippen LogP contribution in [0.25, 0.3) is 0 Å². The van der Waals surface area contributed by atoms with Crippen molar-refractivity contribution in [1.82, 2.24) is 0 Å². The van der Waals surface area contributed by atoms with Crippen molar-refractivity contribution in [2.45, 2.75) is 6.54 Å². The van der Waals surface area contributed by atoms with Crippen molar-refractivity contribution in [3.05, 3.63) is 64.2 Å². The molecule has 0 spiro atoms. The number of nitrogens with zero attached hydrogens (tertiary/aromatic N) is 2. The number of carbonyl (C=O) groups excluding carboxylic acids is 1. The number of aromatic hydroxyl groups is 1. The Bertz CT molecular complexity index is 688. The van der Waals surface area contributed by atoms with Gasteiger partial charge in [0, 0.05) is 23.4 Å². The zero-order valence-electron chi connectivity index (χ0n) is 11.5. The minimum Gasteiger partial charge on any atom is -0.508 e. The molecule has 0 bridgehead atoms. The van der Waals surface area contributed by atoms with Crippen LogP contribution in [0, 0.1) is 10.1 Å². The fourth-order valence-corrected chi connectivity index (χ4v) is 2.11. The largest absolute Gasteiger partial charge is 0.508 e. The number of phenols is 1. The van der Waals surface area contributed by atoms with Crippen LogP contribution in [-0.4, -0.2) is 21.8 Å². The molecule has 6 nitrogen and oxygen atoms in total. The van der Waals surface area contributed by atoms with E-state index in [9.17, 15) is 20.0 Å². The van der Waals surface area contributed by atoms with Crippen molar-refractivity contribution >= 4 is 28.9 Å². The molecule has 1 amide bonds. The SMILES string of the molecule is O=C(CCl)N(Cc1ccccc1O)c1ccc([N+](=O)[O-])cc1. The molecule has 1 N–H and O–H groups in total. The molecule has 2 aromatic rings. The molecule has 2 aromatic carbocycles. The first-order valence-corrected chi connectivity index (χ1v) is 6.94. The highest BCUT2D eigenvalue weighted by atomic mass is 35.5. The number of halogens is 1. The third kappa shape index (κ3) is 3.53. The Morgan fingerprint density at radius 1 is 1.18 bits per heavy atom. The molecule has 22 heavy (non-hydrogen) atoms. The van der Waals surface area contributed by atoms with Crippen LogP contribution in [0.1, 0.15) is 5.56 Å². The predicted octanol–water partition coefficient (Wildman–Crippen LogP) is 3.07. The zero-order valence-corrected chi connectivity index (χ0v) is 12.2. The molecule has 0 aliphatic heterocycles. The highest BCUT2D eigenvalue weighted by Crippen LogP contribution is 2.24. The lowest BCUT2D eigenvalue weighted by Crippen LogP contribution is -2.31. The van der Waals surface area contributed by atoms with E-state index in [1.165, 1.54) is 35.2 Å². The number of alkyl halides is 1. The van der Waals surface area contributed by atoms with Gasteiger partial charge in [0.05, 0.1) is 11.5 Å². The van der Waals surface area contributed by atoms with Gasteiger partial charge >= 0.3 is 0 Å². The molecule has 0 fully saturated rings. The molecule has 0 atom stereocenters. The van der Waals surface area contributed by atoms with Crippen molar-refractivity contribution in [3.63, 3.8) is 0 Å². The molecular formula is C15H13ClN2O4. The van der Waals surface area contributed by atoms with Crippen LogP contribution < -0.4 is 4.90 Å². The van der Waals surface area contributed by atoms with Gasteiger partial charge in [-0.3, -0.25) is 14.9 Å². The van der Waals surface area contributed by atoms with Gasteiger partial charge in [0.25, 0.3) is 5.69 Å². The Labute approximate surface area is 131 Å². The van der Waals surface area contributed by atoms with Gasteiger partial charge in [-0.05, 0) is 18.2 Å². The number of hydrogen-bond donors (Lipinski definition) is 1. The first kappa shape index (κ1) is 15.8. The summed E-state index contributed by atoms with van der Waals surface area (Å²) in [6.07, 6.45) is 0. The maximum atomic E-state index is 12.0. The van der Waals surface area contributed by atoms with Gasteiger partial charge in [0.1, 0.15) is 11.6 Å². The van der Waals surface area contributed by atoms with Crippen LogP contribution in [0.5, 0.6) is 5.75 Å². The zero-order chi connectivity index (χ0) is 16.1. The second-order valence-electron chi connectivity index (χ2n) is 4.52. The maximum Gasteiger partial charge on any atom is 0.269 e. The summed E-state index contributed by atoms with van der Waals surface area (Å²) in [6, 6.07) is 12.2. The molecule has 7 heteroatoms. The lowest BCUT2D eigenvalue weighted by atomic mass is 10.1. The van der Waals surface area contributed by atoms with E-state index in [1.807, 2.05) is 0 Å². The quantitative estimate of drug-likeness (QED) is 0.521. The number of carbonyl (C=O) groups is 1. The lowest BCUT2D eigenvalue weighted by Gasteiger charge is -2.22. The van der Waals surface area contributed by atoms with Gasteiger partial charge in [0.2, 0.25) is 5.91 Å². The minimum absolute atomic E-state index is 0.0652. The average molecular weight is 321 g/mol. The fourth-order valence-electron chi connectivity index (χ4n) is 1.96. The normalized spacial score (nSPS) is 10.2. The van der Waals surface area contributed by atoms with Crippen molar-refractivity contribution in [2.75, 3.05) is 10.8 Å². The summed E-state index contributed by atoms with van der Waals surface area (Å²) < 4.78 is 0. The summed E-state index contributed by atoms with van der Waals surface area (Å²) >= 11 is 5.62. The van der Waals surface area contributed by atoms with Crippen molar-refractivity contribution < 1.29 is 14.8 Å². The molecule has 0 aliphatic rings. The van der Waals surface area contributed by atoms with E-state index in [4.69, 9.17) is 11.6 Å². The summed E-state index contributed by atoms with van der Waals surface area (Å²) in [5, 5.41) is 20.5. The Hall–Kier alpha value is -2.60. The summed E-state index contributed by atoms with van der Waals surface area (Å²) in [7, 11) is 0. The number of phenolic OH excluding ortho intramolecular Hbond substituents is 1. The average Bonchev–Trinajstić information content (AvgIpc) is 2.53. The third-order valence-corrected chi connectivity index (χ3v) is 3.34. The Morgan fingerprint density at radius 2 is 1.82 bits per heavy atom. The number of nitro groups is 1. The van der Waals surface area contributed by atoms with E-state index < -0.39 is 4.92 Å². The second-order valence-corrected chi connectivity index (χ2v) is 4.78. The summed E-state index contributed by atoms with van der Waals surface area (Å²) in [5.74, 6) is -0.527. The number of non-ortho nitro benzene ring substituents is 1. The van der Waals surface area contributed by atoms with Gasteiger partial charge < -0.3 is 10.0 Å². The van der Waals surface area contributed by atoms with Crippen LogP contribution in [0.15, 0.2) is 48.5 Å². The van der Waals surface area contributed by atoms with E-state index in [2.05, 4.69) is 0 Å². The van der Waals surface area contributed by atoms with Crippen LogP contribution >= 0.6 is 11.6 Å². The Balaban J connectivity index is 2.32. The van der Waals surface area contributed by atoms with E-state index in [0.717, 1.165) is 0 Å². The van der Waals surface area contributed by atoms with E-state index in [1.54, 1.807) is 18.2 Å². The fraction of sp³-hybridized carbons (Fsp3) is 0.133. The molecule has 0 heterocycles. The van der Waals surface area contributed by atoms with Gasteiger partial charge in [0.15, 0.2) is 0 Å². The summed E-state index contributed by atoms with van der Waals surface area (Å²) in [6.45, 7) is 0.121. The number of hydrogen-bond acceptors (Lipinski definition) is 4. The van der Waals surface area contributed by atoms with Crippen molar-refractivity contribution in [2.24, 2.45) is 0 Å². The standard InChI is InChI=1S/C15H13ClN2O4/c16-9-15(20)17(10-11-3-1-2-4-14(11)19)12-5-7-13(8-6-12)18(21)22/h1-8,19H,9-10H2. The van der Waals surface area contributed by atoms with Crippen LogP contribution in [0.3, 0.4) is 0 Å². The molecule has 0 radical (unpaired) electrons. The number of benzene rings is 2. The van der Waals surface area contributed by atoms with Gasteiger partial charge in [-0.2, -0.15) is 0 Å². The molecule has 0 unspecified atom stereocenters. The Morgan fingerprint density at radius 3 is 2.36 bits per heavy atom. The molecule has 0 saturated carbocycles. The number of amides is 1. The van der Waals surface area contributed by atoms with Gasteiger partial charge in [-0.25, -0.2) is 0 Å². The highest BCUT2D eigenvalue weighted by molar-refractivity contribution is 6.29. The summed E-state index contributed by atoms with van der Waals surface area (Å²) in [5.41, 5.74) is 0.961. The maximum absolute atomic E-state index is 12.0. The van der Waals surface area contributed by atoms with E-state index in [-0.39, 0.29) is 29.8 Å². The molecule has 2 rings (SSSR count). The van der Waals surface area contributed by atoms with Crippen LogP contribution in [0.4, 0.5) is 11.4 Å². The number of rotatable bonds is 5.